The summed E-state index contributed by atoms with van der Waals surface area (Å²) in [6, 6.07) is 9.20. The molecule has 1 N–H and O–H groups in total. The summed E-state index contributed by atoms with van der Waals surface area (Å²) in [4.78, 5) is 13.3. The molecule has 1 heterocycles. The Morgan fingerprint density at radius 3 is 2.88 bits per heavy atom. The third kappa shape index (κ3) is 4.31. The lowest BCUT2D eigenvalue weighted by molar-refractivity contribution is -0.121. The van der Waals surface area contributed by atoms with Crippen molar-refractivity contribution in [3.05, 3.63) is 59.2 Å². The van der Waals surface area contributed by atoms with E-state index in [4.69, 9.17) is 4.74 Å². The van der Waals surface area contributed by atoms with E-state index < -0.39 is 5.82 Å². The van der Waals surface area contributed by atoms with Gasteiger partial charge in [-0.15, -0.1) is 11.8 Å². The van der Waals surface area contributed by atoms with Gasteiger partial charge >= 0.3 is 0 Å². The maximum Gasteiger partial charge on any atom is 0.220 e. The lowest BCUT2D eigenvalue weighted by Crippen LogP contribution is -2.30. The number of hydrogen-bond donors (Lipinski definition) is 1. The van der Waals surface area contributed by atoms with Gasteiger partial charge in [0.05, 0.1) is 13.2 Å². The van der Waals surface area contributed by atoms with E-state index in [0.29, 0.717) is 6.42 Å². The van der Waals surface area contributed by atoms with Crippen LogP contribution in [0.15, 0.2) is 41.3 Å². The normalized spacial score (nSPS) is 16.2. The number of thioether (sulfide) groups is 1. The smallest absolute Gasteiger partial charge is 0.220 e. The molecule has 1 aliphatic heterocycles. The molecular formula is C19H19F2NO2S. The Labute approximate surface area is 149 Å². The molecule has 0 saturated heterocycles. The van der Waals surface area contributed by atoms with Crippen LogP contribution in [-0.2, 0) is 11.2 Å². The van der Waals surface area contributed by atoms with Gasteiger partial charge in [0.25, 0.3) is 0 Å². The number of methoxy groups -OCH3 is 1. The molecule has 0 aliphatic carbocycles. The summed E-state index contributed by atoms with van der Waals surface area (Å²) < 4.78 is 32.1. The first-order chi connectivity index (χ1) is 12.1. The number of fused-ring (bicyclic) bond motifs is 1. The molecule has 1 amide bonds. The quantitative estimate of drug-likeness (QED) is 0.863. The Balaban J connectivity index is 1.60. The van der Waals surface area contributed by atoms with Gasteiger partial charge in [0.15, 0.2) is 11.6 Å². The van der Waals surface area contributed by atoms with Gasteiger partial charge in [0.2, 0.25) is 5.91 Å². The number of rotatable bonds is 5. The lowest BCUT2D eigenvalue weighted by atomic mass is 10.0. The fraction of sp³-hybridized carbons (Fsp3) is 0.316. The maximum atomic E-state index is 13.7. The monoisotopic (exact) mass is 363 g/mol. The zero-order valence-corrected chi connectivity index (χ0v) is 14.7. The van der Waals surface area contributed by atoms with Crippen LogP contribution in [0.5, 0.6) is 5.75 Å². The fourth-order valence-corrected chi connectivity index (χ4v) is 4.01. The van der Waals surface area contributed by atoms with Gasteiger partial charge in [-0.3, -0.25) is 4.79 Å². The molecule has 3 rings (SSSR count). The number of halogens is 2. The standard InChI is InChI=1S/C19H19F2NO2S/c1-24-17-5-2-12(10-15(17)21)3-7-19(23)22-16-8-9-25-18-6-4-13(20)11-14(16)18/h2,4-6,10-11,16H,3,7-9H2,1H3,(H,22,23). The SMILES string of the molecule is COc1ccc(CCC(=O)NC2CCSc3ccc(F)cc32)cc1F. The molecule has 1 unspecified atom stereocenters. The molecule has 0 radical (unpaired) electrons. The van der Waals surface area contributed by atoms with E-state index in [1.807, 2.05) is 0 Å². The fourth-order valence-electron chi connectivity index (χ4n) is 2.90. The number of benzene rings is 2. The van der Waals surface area contributed by atoms with Gasteiger partial charge in [-0.1, -0.05) is 6.07 Å². The van der Waals surface area contributed by atoms with Crippen LogP contribution < -0.4 is 10.1 Å². The van der Waals surface area contributed by atoms with Crippen molar-refractivity contribution in [1.29, 1.82) is 0 Å². The molecule has 0 spiro atoms. The summed E-state index contributed by atoms with van der Waals surface area (Å²) >= 11 is 1.67. The molecule has 2 aromatic carbocycles. The molecule has 0 fully saturated rings. The Kier molecular flexibility index (Phi) is 5.58. The van der Waals surface area contributed by atoms with E-state index in [1.165, 1.54) is 25.3 Å². The minimum atomic E-state index is -0.436. The predicted molar refractivity (Wildman–Crippen MR) is 93.9 cm³/mol. The van der Waals surface area contributed by atoms with Crippen molar-refractivity contribution >= 4 is 17.7 Å². The second-order valence-corrected chi connectivity index (χ2v) is 7.05. The second kappa shape index (κ2) is 7.87. The molecule has 2 aromatic rings. The highest BCUT2D eigenvalue weighted by atomic mass is 32.2. The third-order valence-corrected chi connectivity index (χ3v) is 5.33. The first-order valence-electron chi connectivity index (χ1n) is 8.11. The van der Waals surface area contributed by atoms with Crippen molar-refractivity contribution in [3.8, 4) is 5.75 Å². The van der Waals surface area contributed by atoms with E-state index in [2.05, 4.69) is 5.32 Å². The Hall–Kier alpha value is -2.08. The van der Waals surface area contributed by atoms with Crippen LogP contribution in [0.4, 0.5) is 8.78 Å². The molecular weight excluding hydrogens is 344 g/mol. The summed E-state index contributed by atoms with van der Waals surface area (Å²) in [5, 5.41) is 2.97. The van der Waals surface area contributed by atoms with Gasteiger partial charge in [-0.25, -0.2) is 8.78 Å². The lowest BCUT2D eigenvalue weighted by Gasteiger charge is -2.26. The third-order valence-electron chi connectivity index (χ3n) is 4.20. The van der Waals surface area contributed by atoms with E-state index in [1.54, 1.807) is 30.0 Å². The number of amides is 1. The van der Waals surface area contributed by atoms with E-state index in [9.17, 15) is 13.6 Å². The number of ether oxygens (including phenoxy) is 1. The number of aryl methyl sites for hydroxylation is 1. The Bertz CT molecular complexity index is 782. The van der Waals surface area contributed by atoms with Crippen LogP contribution in [0, 0.1) is 11.6 Å². The molecule has 6 heteroatoms. The average Bonchev–Trinajstić information content (AvgIpc) is 2.60. The van der Waals surface area contributed by atoms with Gasteiger partial charge in [-0.2, -0.15) is 0 Å². The van der Waals surface area contributed by atoms with Crippen molar-refractivity contribution in [2.45, 2.75) is 30.2 Å². The van der Waals surface area contributed by atoms with Crippen LogP contribution in [0.2, 0.25) is 0 Å². The zero-order valence-electron chi connectivity index (χ0n) is 13.9. The van der Waals surface area contributed by atoms with E-state index >= 15 is 0 Å². The molecule has 132 valence electrons. The zero-order chi connectivity index (χ0) is 17.8. The van der Waals surface area contributed by atoms with Gasteiger partial charge in [-0.05, 0) is 54.3 Å². The van der Waals surface area contributed by atoms with E-state index in [0.717, 1.165) is 28.2 Å². The number of carbonyl (C=O) groups excluding carboxylic acids is 1. The van der Waals surface area contributed by atoms with Crippen molar-refractivity contribution < 1.29 is 18.3 Å². The predicted octanol–water partition coefficient (Wildman–Crippen LogP) is 4.26. The molecule has 0 saturated carbocycles. The number of hydrogen-bond acceptors (Lipinski definition) is 3. The minimum absolute atomic E-state index is 0.122. The number of carbonyl (C=O) groups is 1. The summed E-state index contributed by atoms with van der Waals surface area (Å²) in [6.07, 6.45) is 1.45. The summed E-state index contributed by atoms with van der Waals surface area (Å²) in [5.41, 5.74) is 1.57. The highest BCUT2D eigenvalue weighted by molar-refractivity contribution is 7.99. The van der Waals surface area contributed by atoms with Crippen LogP contribution in [0.1, 0.15) is 30.0 Å². The molecule has 1 atom stereocenters. The highest BCUT2D eigenvalue weighted by Gasteiger charge is 2.22. The molecule has 1 aliphatic rings. The van der Waals surface area contributed by atoms with Gasteiger partial charge < -0.3 is 10.1 Å². The summed E-state index contributed by atoms with van der Waals surface area (Å²) in [5.74, 6) is 0.214. The largest absolute Gasteiger partial charge is 0.494 e. The molecule has 25 heavy (non-hydrogen) atoms. The Morgan fingerprint density at radius 1 is 1.28 bits per heavy atom. The highest BCUT2D eigenvalue weighted by Crippen LogP contribution is 2.36. The van der Waals surface area contributed by atoms with Crippen molar-refractivity contribution in [2.24, 2.45) is 0 Å². The minimum Gasteiger partial charge on any atom is -0.494 e. The van der Waals surface area contributed by atoms with Crippen molar-refractivity contribution in [1.82, 2.24) is 5.32 Å². The second-order valence-electron chi connectivity index (χ2n) is 5.91. The van der Waals surface area contributed by atoms with Crippen molar-refractivity contribution in [2.75, 3.05) is 12.9 Å². The van der Waals surface area contributed by atoms with Gasteiger partial charge in [0, 0.05) is 17.1 Å². The van der Waals surface area contributed by atoms with Crippen LogP contribution in [-0.4, -0.2) is 18.8 Å². The van der Waals surface area contributed by atoms with E-state index in [-0.39, 0.29) is 29.9 Å². The first kappa shape index (κ1) is 17.7. The first-order valence-corrected chi connectivity index (χ1v) is 9.09. The molecule has 3 nitrogen and oxygen atoms in total. The van der Waals surface area contributed by atoms with Gasteiger partial charge in [0.1, 0.15) is 5.82 Å². The summed E-state index contributed by atoms with van der Waals surface area (Å²) in [7, 11) is 1.41. The van der Waals surface area contributed by atoms with Crippen LogP contribution in [0.3, 0.4) is 0 Å². The van der Waals surface area contributed by atoms with Crippen molar-refractivity contribution in [3.63, 3.8) is 0 Å². The van der Waals surface area contributed by atoms with Crippen LogP contribution in [0.25, 0.3) is 0 Å². The number of nitrogens with one attached hydrogen (secondary N) is 1. The Morgan fingerprint density at radius 2 is 2.12 bits per heavy atom. The molecule has 0 bridgehead atoms. The maximum absolute atomic E-state index is 13.7. The topological polar surface area (TPSA) is 38.3 Å². The summed E-state index contributed by atoms with van der Waals surface area (Å²) in [6.45, 7) is 0. The van der Waals surface area contributed by atoms with Crippen LogP contribution >= 0.6 is 11.8 Å². The molecule has 0 aromatic heterocycles. The average molecular weight is 363 g/mol.